The van der Waals surface area contributed by atoms with Gasteiger partial charge in [-0.3, -0.25) is 0 Å². The fourth-order valence-electron chi connectivity index (χ4n) is 1.97. The van der Waals surface area contributed by atoms with E-state index >= 15 is 0 Å². The number of carbonyl (C=O) groups is 1. The Morgan fingerprint density at radius 1 is 1.10 bits per heavy atom. The quantitative estimate of drug-likeness (QED) is 0.456. The molecule has 1 aromatic carbocycles. The van der Waals surface area contributed by atoms with Gasteiger partial charge in [-0.05, 0) is 24.3 Å². The fourth-order valence-corrected chi connectivity index (χ4v) is 1.97. The third kappa shape index (κ3) is 3.31. The molecule has 0 spiro atoms. The van der Waals surface area contributed by atoms with Crippen LogP contribution in [-0.2, 0) is 4.74 Å². The summed E-state index contributed by atoms with van der Waals surface area (Å²) in [6.07, 6.45) is -6.86. The number of benzene rings is 1. The van der Waals surface area contributed by atoms with E-state index in [1.807, 2.05) is 0 Å². The standard InChI is InChI=1S/C13H16O8/c14-5-8-9(15)10(16)11(17)13(21-8)20-7-3-1-6(2-4-7)12(18)19/h1-4,8-11,13-17H,5H2,(H,18,19)/t8-,9-,10+,11+,13+/m1/s1. The number of carboxylic acid groups (broad SMARTS) is 1. The molecule has 5 N–H and O–H groups in total. The number of hydrogen-bond acceptors (Lipinski definition) is 7. The maximum absolute atomic E-state index is 10.7. The molecule has 5 atom stereocenters. The van der Waals surface area contributed by atoms with Crippen molar-refractivity contribution in [2.45, 2.75) is 30.7 Å². The first-order valence-corrected chi connectivity index (χ1v) is 6.24. The lowest BCUT2D eigenvalue weighted by Gasteiger charge is -2.39. The lowest BCUT2D eigenvalue weighted by molar-refractivity contribution is -0.277. The molecule has 1 aromatic rings. The Kier molecular flexibility index (Phi) is 4.76. The summed E-state index contributed by atoms with van der Waals surface area (Å²) in [6.45, 7) is -0.553. The van der Waals surface area contributed by atoms with Crippen molar-refractivity contribution < 1.29 is 39.8 Å². The molecule has 1 aliphatic heterocycles. The highest BCUT2D eigenvalue weighted by molar-refractivity contribution is 5.87. The van der Waals surface area contributed by atoms with Crippen LogP contribution in [0.5, 0.6) is 5.75 Å². The van der Waals surface area contributed by atoms with Gasteiger partial charge in [0.1, 0.15) is 30.2 Å². The molecule has 1 saturated heterocycles. The molecule has 0 bridgehead atoms. The van der Waals surface area contributed by atoms with Crippen molar-refractivity contribution in [3.63, 3.8) is 0 Å². The summed E-state index contributed by atoms with van der Waals surface area (Å²) in [5.41, 5.74) is 0.0659. The minimum atomic E-state index is -1.53. The summed E-state index contributed by atoms with van der Waals surface area (Å²) >= 11 is 0. The minimum absolute atomic E-state index is 0.0659. The largest absolute Gasteiger partial charge is 0.478 e. The molecule has 0 aromatic heterocycles. The topological polar surface area (TPSA) is 137 Å². The maximum atomic E-state index is 10.7. The first kappa shape index (κ1) is 15.7. The minimum Gasteiger partial charge on any atom is -0.478 e. The van der Waals surface area contributed by atoms with Gasteiger partial charge in [-0.1, -0.05) is 0 Å². The smallest absolute Gasteiger partial charge is 0.335 e. The SMILES string of the molecule is O=C(O)c1ccc(O[C@H]2O[C@H](CO)[C@@H](O)[C@H](O)[C@@H]2O)cc1. The molecule has 8 heteroatoms. The highest BCUT2D eigenvalue weighted by Crippen LogP contribution is 2.24. The van der Waals surface area contributed by atoms with Gasteiger partial charge in [-0.25, -0.2) is 4.79 Å². The molecule has 21 heavy (non-hydrogen) atoms. The van der Waals surface area contributed by atoms with E-state index in [-0.39, 0.29) is 11.3 Å². The van der Waals surface area contributed by atoms with E-state index in [4.69, 9.17) is 19.7 Å². The summed E-state index contributed by atoms with van der Waals surface area (Å²) in [6, 6.07) is 5.35. The average molecular weight is 300 g/mol. The summed E-state index contributed by atoms with van der Waals surface area (Å²) < 4.78 is 10.5. The molecular formula is C13H16O8. The summed E-state index contributed by atoms with van der Waals surface area (Å²) in [4.78, 5) is 10.7. The van der Waals surface area contributed by atoms with Crippen LogP contribution in [0.15, 0.2) is 24.3 Å². The summed E-state index contributed by atoms with van der Waals surface area (Å²) in [5, 5.41) is 46.9. The molecule has 1 aliphatic rings. The van der Waals surface area contributed by atoms with Gasteiger partial charge in [0.2, 0.25) is 6.29 Å². The zero-order valence-corrected chi connectivity index (χ0v) is 10.9. The number of aliphatic hydroxyl groups is 4. The van der Waals surface area contributed by atoms with Crippen molar-refractivity contribution in [2.75, 3.05) is 6.61 Å². The monoisotopic (exact) mass is 300 g/mol. The Hall–Kier alpha value is -1.71. The number of rotatable bonds is 4. The van der Waals surface area contributed by atoms with Crippen molar-refractivity contribution in [3.8, 4) is 5.75 Å². The average Bonchev–Trinajstić information content (AvgIpc) is 2.48. The van der Waals surface area contributed by atoms with Crippen LogP contribution in [0.3, 0.4) is 0 Å². The Morgan fingerprint density at radius 2 is 1.71 bits per heavy atom. The predicted molar refractivity (Wildman–Crippen MR) is 67.8 cm³/mol. The summed E-state index contributed by atoms with van der Waals surface area (Å²) in [5.74, 6) is -0.876. The first-order chi connectivity index (χ1) is 9.93. The third-order valence-electron chi connectivity index (χ3n) is 3.20. The second-order valence-corrected chi connectivity index (χ2v) is 4.64. The van der Waals surface area contributed by atoms with Gasteiger partial charge in [0.05, 0.1) is 12.2 Å². The van der Waals surface area contributed by atoms with E-state index in [0.717, 1.165) is 0 Å². The molecule has 1 heterocycles. The van der Waals surface area contributed by atoms with E-state index in [1.54, 1.807) is 0 Å². The molecule has 116 valence electrons. The lowest BCUT2D eigenvalue weighted by atomic mass is 9.99. The number of hydrogen-bond donors (Lipinski definition) is 5. The number of ether oxygens (including phenoxy) is 2. The van der Waals surface area contributed by atoms with Gasteiger partial charge in [0, 0.05) is 0 Å². The number of carboxylic acids is 1. The van der Waals surface area contributed by atoms with Gasteiger partial charge in [-0.2, -0.15) is 0 Å². The van der Waals surface area contributed by atoms with Crippen molar-refractivity contribution in [1.82, 2.24) is 0 Å². The van der Waals surface area contributed by atoms with E-state index in [2.05, 4.69) is 0 Å². The molecule has 0 saturated carbocycles. The highest BCUT2D eigenvalue weighted by atomic mass is 16.7. The van der Waals surface area contributed by atoms with Crippen molar-refractivity contribution in [1.29, 1.82) is 0 Å². The molecule has 2 rings (SSSR count). The Morgan fingerprint density at radius 3 is 2.24 bits per heavy atom. The summed E-state index contributed by atoms with van der Waals surface area (Å²) in [7, 11) is 0. The van der Waals surface area contributed by atoms with Gasteiger partial charge in [-0.15, -0.1) is 0 Å². The van der Waals surface area contributed by atoms with E-state index in [0.29, 0.717) is 0 Å². The molecule has 1 fully saturated rings. The zero-order chi connectivity index (χ0) is 15.6. The van der Waals surface area contributed by atoms with Gasteiger partial charge >= 0.3 is 5.97 Å². The fraction of sp³-hybridized carbons (Fsp3) is 0.462. The van der Waals surface area contributed by atoms with Crippen LogP contribution >= 0.6 is 0 Å². The number of aliphatic hydroxyl groups excluding tert-OH is 4. The van der Waals surface area contributed by atoms with Crippen molar-refractivity contribution >= 4 is 5.97 Å². The van der Waals surface area contributed by atoms with Crippen molar-refractivity contribution in [3.05, 3.63) is 29.8 Å². The molecule has 0 radical (unpaired) electrons. The lowest BCUT2D eigenvalue weighted by Crippen LogP contribution is -2.60. The Bertz CT molecular complexity index is 485. The predicted octanol–water partition coefficient (Wildman–Crippen LogP) is -1.44. The maximum Gasteiger partial charge on any atom is 0.335 e. The van der Waals surface area contributed by atoms with Crippen LogP contribution in [0.25, 0.3) is 0 Å². The van der Waals surface area contributed by atoms with E-state index < -0.39 is 43.3 Å². The zero-order valence-electron chi connectivity index (χ0n) is 10.9. The van der Waals surface area contributed by atoms with Crippen LogP contribution in [0.2, 0.25) is 0 Å². The van der Waals surface area contributed by atoms with Gasteiger partial charge in [0.25, 0.3) is 0 Å². The van der Waals surface area contributed by atoms with Crippen LogP contribution in [-0.4, -0.2) is 68.8 Å². The Balaban J connectivity index is 2.08. The van der Waals surface area contributed by atoms with Crippen LogP contribution in [0.1, 0.15) is 10.4 Å². The molecule has 8 nitrogen and oxygen atoms in total. The first-order valence-electron chi connectivity index (χ1n) is 6.24. The van der Waals surface area contributed by atoms with Crippen LogP contribution in [0.4, 0.5) is 0 Å². The van der Waals surface area contributed by atoms with Gasteiger partial charge in [0.15, 0.2) is 0 Å². The third-order valence-corrected chi connectivity index (χ3v) is 3.20. The second kappa shape index (κ2) is 6.37. The van der Waals surface area contributed by atoms with Crippen LogP contribution < -0.4 is 4.74 Å². The molecule has 0 amide bonds. The number of aromatic carboxylic acids is 1. The van der Waals surface area contributed by atoms with E-state index in [1.165, 1.54) is 24.3 Å². The van der Waals surface area contributed by atoms with Crippen molar-refractivity contribution in [2.24, 2.45) is 0 Å². The molecule has 0 aliphatic carbocycles. The van der Waals surface area contributed by atoms with Gasteiger partial charge < -0.3 is 35.0 Å². The van der Waals surface area contributed by atoms with Crippen LogP contribution in [0, 0.1) is 0 Å². The second-order valence-electron chi connectivity index (χ2n) is 4.64. The normalized spacial score (nSPS) is 32.7. The molecule has 0 unspecified atom stereocenters. The van der Waals surface area contributed by atoms with E-state index in [9.17, 15) is 20.1 Å². The molecular weight excluding hydrogens is 284 g/mol. The highest BCUT2D eigenvalue weighted by Gasteiger charge is 2.44. The Labute approximate surface area is 119 Å².